The Labute approximate surface area is 199 Å². The molecule has 0 fully saturated rings. The minimum atomic E-state index is -9.43. The fraction of sp³-hybridized carbons (Fsp3) is 0. The summed E-state index contributed by atoms with van der Waals surface area (Å²) in [7, 11) is -13.9. The van der Waals surface area contributed by atoms with Gasteiger partial charge in [-0.05, 0) is 24.3 Å². The van der Waals surface area contributed by atoms with Crippen LogP contribution in [-0.4, -0.2) is 0 Å². The molecule has 0 atom stereocenters. The molecular formula is C12H12ClF12KS2. The second-order valence-electron chi connectivity index (χ2n) is 4.56. The maximum atomic E-state index is 12.4. The van der Waals surface area contributed by atoms with E-state index in [2.05, 4.69) is 10.7 Å². The van der Waals surface area contributed by atoms with Crippen molar-refractivity contribution >= 4 is 30.0 Å². The monoisotopic (exact) mass is 522 g/mol. The number of halogens is 13. The van der Waals surface area contributed by atoms with Crippen molar-refractivity contribution in [1.29, 1.82) is 0 Å². The van der Waals surface area contributed by atoms with E-state index in [1.54, 1.807) is 0 Å². The van der Waals surface area contributed by atoms with Crippen LogP contribution in [0.2, 0.25) is 0 Å². The molecule has 0 spiro atoms. The average Bonchev–Trinajstić information content (AvgIpc) is 2.37. The maximum absolute atomic E-state index is 12.4. The van der Waals surface area contributed by atoms with E-state index in [4.69, 9.17) is 0 Å². The van der Waals surface area contributed by atoms with Crippen molar-refractivity contribution in [2.75, 3.05) is 0 Å². The molecule has 0 heterocycles. The summed E-state index contributed by atoms with van der Waals surface area (Å²) in [6.45, 7) is 0. The first-order chi connectivity index (χ1) is 10.2. The summed E-state index contributed by atoms with van der Waals surface area (Å²) in [6.07, 6.45) is 0. The van der Waals surface area contributed by atoms with Crippen LogP contribution in [0.3, 0.4) is 0 Å². The van der Waals surface area contributed by atoms with Crippen LogP contribution in [-0.2, 0) is 0 Å². The Bertz CT molecular complexity index is 653. The summed E-state index contributed by atoms with van der Waals surface area (Å²) in [4.78, 5) is -3.27. The van der Waals surface area contributed by atoms with E-state index in [9.17, 15) is 35.0 Å². The number of hydrogen-bond donors (Lipinski definition) is 0. The molecule has 0 saturated carbocycles. The summed E-state index contributed by atoms with van der Waals surface area (Å²) in [5.74, 6) is 0. The Morgan fingerprint density at radius 2 is 0.786 bits per heavy atom. The number of benzene rings is 2. The van der Waals surface area contributed by atoms with E-state index in [-0.39, 0.29) is 65.5 Å². The van der Waals surface area contributed by atoms with E-state index in [1.165, 1.54) is 12.1 Å². The first-order valence-electron chi connectivity index (χ1n) is 5.77. The molecule has 0 aliphatic heterocycles. The molecular weight excluding hydrogens is 511 g/mol. The molecule has 0 unspecified atom stereocenters. The maximum Gasteiger partial charge on any atom is 1.00 e. The van der Waals surface area contributed by atoms with Gasteiger partial charge in [0.2, 0.25) is 0 Å². The number of hydrogen-bond acceptors (Lipinski definition) is 0. The molecule has 0 aliphatic carbocycles. The van der Waals surface area contributed by atoms with Crippen molar-refractivity contribution < 1.29 is 100 Å². The number of rotatable bonds is 2. The quantitative estimate of drug-likeness (QED) is 0.420. The second-order valence-corrected chi connectivity index (χ2v) is 11.2. The van der Waals surface area contributed by atoms with Crippen LogP contribution in [0, 0.1) is 0 Å². The smallest absolute Gasteiger partial charge is 1.00 e. The molecule has 0 N–H and O–H groups in total. The predicted octanol–water partition coefficient (Wildman–Crippen LogP) is 3.27. The largest absolute Gasteiger partial charge is 1.00 e. The Morgan fingerprint density at radius 1 is 0.536 bits per heavy atom. The summed E-state index contributed by atoms with van der Waals surface area (Å²) in [5.41, 5.74) is 0. The van der Waals surface area contributed by atoms with Crippen molar-refractivity contribution in [3.63, 3.8) is 0 Å². The zero-order chi connectivity index (χ0) is 19.0. The van der Waals surface area contributed by atoms with Crippen molar-refractivity contribution in [2.45, 2.75) is 9.79 Å². The summed E-state index contributed by atoms with van der Waals surface area (Å²) < 4.78 is 109. The van der Waals surface area contributed by atoms with Crippen LogP contribution >= 0.6 is 30.0 Å². The van der Waals surface area contributed by atoms with Gasteiger partial charge in [-0.25, -0.2) is 0 Å². The van der Waals surface area contributed by atoms with Crippen molar-refractivity contribution in [1.82, 2.24) is 0 Å². The fourth-order valence-corrected chi connectivity index (χ4v) is 3.01. The van der Waals surface area contributed by atoms with Gasteiger partial charge in [-0.3, -0.25) is 9.41 Å². The molecule has 0 amide bonds. The van der Waals surface area contributed by atoms with Crippen LogP contribution in [0.5, 0.6) is 0 Å². The normalized spacial score (nSPS) is 15.5. The molecule has 0 aromatic heterocycles. The molecule has 2 rings (SSSR count). The topological polar surface area (TPSA) is 0 Å². The summed E-state index contributed by atoms with van der Waals surface area (Å²) in [6, 6.07) is 8.54. The van der Waals surface area contributed by atoms with Gasteiger partial charge in [-0.15, -0.1) is 15.5 Å². The van der Waals surface area contributed by atoms with Crippen molar-refractivity contribution in [2.24, 2.45) is 0 Å². The van der Waals surface area contributed by atoms with Gasteiger partial charge in [0.05, 0.1) is 4.90 Å². The zero-order valence-electron chi connectivity index (χ0n) is 13.6. The SMILES string of the molecule is F.F.FS(F)(F)(F)(Cl)c1ccccc1.FS(F)(F)(F)(F)c1ccccc1.[F-].[K+]. The second kappa shape index (κ2) is 8.76. The molecule has 0 nitrogen and oxygen atoms in total. The first-order valence-corrected chi connectivity index (χ1v) is 10.6. The zero-order valence-corrected chi connectivity index (χ0v) is 19.1. The van der Waals surface area contributed by atoms with Crippen molar-refractivity contribution in [3.05, 3.63) is 60.7 Å². The fourth-order valence-electron chi connectivity index (χ4n) is 1.36. The molecule has 0 bridgehead atoms. The molecule has 164 valence electrons. The van der Waals surface area contributed by atoms with Crippen LogP contribution in [0.1, 0.15) is 0 Å². The predicted molar refractivity (Wildman–Crippen MR) is 85.4 cm³/mol. The Kier molecular flexibility index (Phi) is 11.2. The molecule has 0 aliphatic rings. The molecule has 16 heteroatoms. The molecule has 0 radical (unpaired) electrons. The minimum Gasteiger partial charge on any atom is -1.00 e. The van der Waals surface area contributed by atoms with Crippen LogP contribution in [0.25, 0.3) is 0 Å². The third kappa shape index (κ3) is 12.7. The average molecular weight is 523 g/mol. The molecule has 0 saturated heterocycles. The van der Waals surface area contributed by atoms with Gasteiger partial charge in [0.25, 0.3) is 9.05 Å². The Morgan fingerprint density at radius 3 is 0.929 bits per heavy atom. The Balaban J connectivity index is -0.000000180. The third-order valence-electron chi connectivity index (χ3n) is 2.38. The van der Waals surface area contributed by atoms with E-state index in [0.717, 1.165) is 24.3 Å². The first kappa shape index (κ1) is 35.6. The van der Waals surface area contributed by atoms with Gasteiger partial charge in [0.1, 0.15) is 4.90 Å². The summed E-state index contributed by atoms with van der Waals surface area (Å²) >= 11 is 0. The standard InChI is InChI=1S/C6H5ClF4S.C6H5F5S.3FH.K/c2*7-12(8,9,10,11)6-4-2-1-3-5-6;;;;/h2*1-5H;3*1H;/q;;;;;+1/p-1. The van der Waals surface area contributed by atoms with Crippen LogP contribution in [0.4, 0.5) is 44.4 Å². The van der Waals surface area contributed by atoms with Gasteiger partial charge in [0, 0.05) is 10.7 Å². The minimum absolute atomic E-state index is 0. The van der Waals surface area contributed by atoms with Gasteiger partial charge >= 0.3 is 61.6 Å². The molecule has 2 aromatic rings. The van der Waals surface area contributed by atoms with Crippen LogP contribution < -0.4 is 56.1 Å². The van der Waals surface area contributed by atoms with Crippen molar-refractivity contribution in [3.8, 4) is 0 Å². The van der Waals surface area contributed by atoms with E-state index in [1.807, 2.05) is 0 Å². The molecule has 2 aromatic carbocycles. The van der Waals surface area contributed by atoms with Gasteiger partial charge < -0.3 is 4.70 Å². The van der Waals surface area contributed by atoms with Crippen LogP contribution in [0.15, 0.2) is 70.5 Å². The van der Waals surface area contributed by atoms with E-state index in [0.29, 0.717) is 24.3 Å². The summed E-state index contributed by atoms with van der Waals surface area (Å²) in [5, 5.41) is 0. The Hall–Kier alpha value is 0.226. The van der Waals surface area contributed by atoms with E-state index < -0.39 is 29.1 Å². The van der Waals surface area contributed by atoms with Gasteiger partial charge in [-0.1, -0.05) is 55.8 Å². The molecule has 28 heavy (non-hydrogen) atoms. The van der Waals surface area contributed by atoms with Gasteiger partial charge in [0.15, 0.2) is 0 Å². The van der Waals surface area contributed by atoms with Gasteiger partial charge in [-0.2, -0.15) is 0 Å². The third-order valence-corrected chi connectivity index (χ3v) is 5.24. The van der Waals surface area contributed by atoms with E-state index >= 15 is 0 Å².